The number of halogens is 1. The van der Waals surface area contributed by atoms with Crippen LogP contribution in [0.3, 0.4) is 0 Å². The third-order valence-electron chi connectivity index (χ3n) is 4.22. The average molecular weight is 610 g/mol. The van der Waals surface area contributed by atoms with E-state index in [1.165, 1.54) is 0 Å². The van der Waals surface area contributed by atoms with Crippen LogP contribution in [0.15, 0.2) is 48.5 Å². The van der Waals surface area contributed by atoms with Crippen molar-refractivity contribution < 1.29 is 18.8 Å². The molecular weight excluding hydrogens is 579 g/mol. The van der Waals surface area contributed by atoms with E-state index in [-0.39, 0.29) is 20.5 Å². The molecular formula is C22H31ClN6Pt-3. The number of anilines is 1. The molecule has 0 bridgehead atoms. The monoisotopic (exact) mass is 609 g/mol. The van der Waals surface area contributed by atoms with Gasteiger partial charge in [0.25, 0.3) is 0 Å². The van der Waals surface area contributed by atoms with Gasteiger partial charge in [-0.25, -0.2) is 4.98 Å². The van der Waals surface area contributed by atoms with Gasteiger partial charge in [0.05, 0.1) is 16.7 Å². The summed E-state index contributed by atoms with van der Waals surface area (Å²) >= 11 is 1.61. The Bertz CT molecular complexity index is 834. The maximum Gasteiger partial charge on any atom is -0.171 e. The first-order chi connectivity index (χ1) is 14.1. The molecule has 0 spiro atoms. The first-order valence-electron chi connectivity index (χ1n) is 9.30. The predicted octanol–water partition coefficient (Wildman–Crippen LogP) is 6.52. The minimum Gasteiger partial charge on any atom is -0.679 e. The molecule has 1 heterocycles. The van der Waals surface area contributed by atoms with Crippen molar-refractivity contribution in [2.45, 2.75) is 20.8 Å². The van der Waals surface area contributed by atoms with Crippen molar-refractivity contribution in [1.29, 1.82) is 0 Å². The molecule has 2 aromatic carbocycles. The second kappa shape index (κ2) is 16.0. The quantitative estimate of drug-likeness (QED) is 0.196. The summed E-state index contributed by atoms with van der Waals surface area (Å²) in [6.07, 6.45) is 0.650. The Balaban J connectivity index is 0.00000108. The topological polar surface area (TPSA) is 98.1 Å². The Hall–Kier alpha value is -1.72. The molecule has 0 aliphatic heterocycles. The van der Waals surface area contributed by atoms with Crippen molar-refractivity contribution in [3.05, 3.63) is 65.4 Å². The largest absolute Gasteiger partial charge is 0.679 e. The van der Waals surface area contributed by atoms with Crippen LogP contribution in [-0.4, -0.2) is 48.9 Å². The van der Waals surface area contributed by atoms with Gasteiger partial charge in [0, 0.05) is 17.3 Å². The van der Waals surface area contributed by atoms with Gasteiger partial charge >= 0.3 is 28.2 Å². The van der Waals surface area contributed by atoms with E-state index < -0.39 is 0 Å². The van der Waals surface area contributed by atoms with E-state index in [1.54, 1.807) is 18.8 Å². The SMILES string of the molecule is C.CCC(=[N-])N(C)CCNc1c2ccccc2nc2ccccc12.[Cl][Pt].[NH-]CC[NH-]. The summed E-state index contributed by atoms with van der Waals surface area (Å²) in [6, 6.07) is 16.4. The van der Waals surface area contributed by atoms with E-state index in [2.05, 4.69) is 26.9 Å². The number of nitrogens with zero attached hydrogens (tertiary/aromatic N) is 3. The van der Waals surface area contributed by atoms with Gasteiger partial charge in [0.2, 0.25) is 0 Å². The summed E-state index contributed by atoms with van der Waals surface area (Å²) in [4.78, 5) is 6.60. The molecule has 30 heavy (non-hydrogen) atoms. The van der Waals surface area contributed by atoms with Crippen LogP contribution < -0.4 is 5.32 Å². The van der Waals surface area contributed by atoms with E-state index in [4.69, 9.17) is 16.5 Å². The van der Waals surface area contributed by atoms with Crippen LogP contribution in [0, 0.1) is 0 Å². The average Bonchev–Trinajstić information content (AvgIpc) is 2.79. The fraction of sp³-hybridized carbons (Fsp3) is 0.364. The smallest absolute Gasteiger partial charge is 0.171 e. The van der Waals surface area contributed by atoms with Gasteiger partial charge in [-0.2, -0.15) is 13.1 Å². The maximum atomic E-state index is 9.77. The second-order valence-electron chi connectivity index (χ2n) is 6.14. The normalized spacial score (nSPS) is 9.57. The number of benzene rings is 2. The molecule has 1 aromatic heterocycles. The first kappa shape index (κ1) is 28.3. The van der Waals surface area contributed by atoms with Gasteiger partial charge in [-0.05, 0) is 25.1 Å². The van der Waals surface area contributed by atoms with E-state index in [1.807, 2.05) is 55.3 Å². The number of hydrogen-bond donors (Lipinski definition) is 1. The van der Waals surface area contributed by atoms with Gasteiger partial charge in [0.1, 0.15) is 0 Å². The van der Waals surface area contributed by atoms with Crippen LogP contribution in [0.5, 0.6) is 0 Å². The van der Waals surface area contributed by atoms with Crippen LogP contribution in [0.4, 0.5) is 5.69 Å². The number of hydrogen-bond acceptors (Lipinski definition) is 2. The predicted molar refractivity (Wildman–Crippen MR) is 130 cm³/mol. The summed E-state index contributed by atoms with van der Waals surface area (Å²) < 4.78 is 0. The maximum absolute atomic E-state index is 9.77. The molecule has 8 heteroatoms. The van der Waals surface area contributed by atoms with Crippen molar-refractivity contribution in [3.63, 3.8) is 0 Å². The van der Waals surface area contributed by atoms with E-state index in [0.717, 1.165) is 40.6 Å². The molecule has 0 atom stereocenters. The van der Waals surface area contributed by atoms with Crippen molar-refractivity contribution in [3.8, 4) is 0 Å². The van der Waals surface area contributed by atoms with Crippen LogP contribution in [0.25, 0.3) is 38.7 Å². The summed E-state index contributed by atoms with van der Waals surface area (Å²) in [6.45, 7) is 3.91. The molecule has 6 nitrogen and oxygen atoms in total. The third-order valence-corrected chi connectivity index (χ3v) is 4.22. The molecule has 0 radical (unpaired) electrons. The Morgan fingerprint density at radius 1 is 1.03 bits per heavy atom. The second-order valence-corrected chi connectivity index (χ2v) is 6.14. The van der Waals surface area contributed by atoms with Crippen molar-refractivity contribution in [2.24, 2.45) is 0 Å². The van der Waals surface area contributed by atoms with Crippen molar-refractivity contribution in [2.75, 3.05) is 38.5 Å². The summed E-state index contributed by atoms with van der Waals surface area (Å²) in [7, 11) is 6.52. The molecule has 0 amide bonds. The molecule has 3 N–H and O–H groups in total. The molecule has 169 valence electrons. The van der Waals surface area contributed by atoms with Gasteiger partial charge < -0.3 is 27.1 Å². The number of pyridine rings is 1. The summed E-state index contributed by atoms with van der Waals surface area (Å²) in [5.74, 6) is 0.413. The van der Waals surface area contributed by atoms with E-state index >= 15 is 0 Å². The van der Waals surface area contributed by atoms with Gasteiger partial charge in [0.15, 0.2) is 0 Å². The minimum absolute atomic E-state index is 0. The fourth-order valence-corrected chi connectivity index (χ4v) is 2.78. The van der Waals surface area contributed by atoms with Crippen LogP contribution in [0.1, 0.15) is 20.8 Å². The number of fused-ring (bicyclic) bond motifs is 2. The third kappa shape index (κ3) is 8.19. The fourth-order valence-electron chi connectivity index (χ4n) is 2.78. The number of amidine groups is 1. The van der Waals surface area contributed by atoms with Crippen LogP contribution >= 0.6 is 9.42 Å². The number of likely N-dealkylation sites (N-methyl/N-ethyl adjacent to an activating group) is 1. The molecule has 3 rings (SSSR count). The molecule has 0 aliphatic rings. The zero-order chi connectivity index (χ0) is 21.6. The molecule has 0 aliphatic carbocycles. The number of aromatic nitrogens is 1. The zero-order valence-electron chi connectivity index (χ0n) is 16.7. The standard InChI is InChI=1S/C19H21N4.C2H6N2.CH4.ClH.Pt/c1-3-18(20)23(2)13-12-21-19-14-8-4-6-10-16(14)22-17-11-7-5-9-15(17)19;3-1-2-4;;;/h4-11H,3,12-13H2,1-2H3,(H,21,22);3-4H,1-2H2;1H4;1H;/q-1;-2;;;+1/p-1. The van der Waals surface area contributed by atoms with Gasteiger partial charge in [-0.3, -0.25) is 0 Å². The van der Waals surface area contributed by atoms with E-state index in [9.17, 15) is 5.41 Å². The molecule has 0 unspecified atom stereocenters. The first-order valence-corrected chi connectivity index (χ1v) is 12.1. The Morgan fingerprint density at radius 3 is 1.93 bits per heavy atom. The molecule has 0 saturated carbocycles. The van der Waals surface area contributed by atoms with Gasteiger partial charge in [-0.1, -0.05) is 63.6 Å². The molecule has 3 aromatic rings. The number of nitrogens with one attached hydrogen (secondary N) is 3. The van der Waals surface area contributed by atoms with Gasteiger partial charge in [-0.15, -0.1) is 0 Å². The Kier molecular flexibility index (Phi) is 15.1. The Labute approximate surface area is 195 Å². The van der Waals surface area contributed by atoms with Crippen LogP contribution in [0.2, 0.25) is 0 Å². The molecule has 0 saturated heterocycles. The number of para-hydroxylation sites is 2. The van der Waals surface area contributed by atoms with Crippen molar-refractivity contribution >= 4 is 42.7 Å². The van der Waals surface area contributed by atoms with Crippen LogP contribution in [-0.2, 0) is 18.8 Å². The molecule has 0 fully saturated rings. The number of rotatable bonds is 6. The minimum atomic E-state index is 0. The zero-order valence-corrected chi connectivity index (χ0v) is 19.7. The summed E-state index contributed by atoms with van der Waals surface area (Å²) in [5, 5.41) is 15.6. The van der Waals surface area contributed by atoms with E-state index in [0.29, 0.717) is 12.3 Å². The summed E-state index contributed by atoms with van der Waals surface area (Å²) in [5.41, 5.74) is 15.6. The Morgan fingerprint density at radius 2 is 1.50 bits per heavy atom. The van der Waals surface area contributed by atoms with Crippen molar-refractivity contribution in [1.82, 2.24) is 9.88 Å².